The normalized spacial score (nSPS) is 9.73. The fraction of sp³-hybridized carbons (Fsp3) is 0.250. The predicted molar refractivity (Wildman–Crippen MR) is 60.5 cm³/mol. The van der Waals surface area contributed by atoms with Gasteiger partial charge >= 0.3 is 5.97 Å². The van der Waals surface area contributed by atoms with E-state index < -0.39 is 0 Å². The molecule has 1 aromatic rings. The Hall–Kier alpha value is -1.61. The second-order valence-corrected chi connectivity index (χ2v) is 3.21. The zero-order valence-electron chi connectivity index (χ0n) is 8.82. The Balaban J connectivity index is 2.92. The lowest BCUT2D eigenvalue weighted by Gasteiger charge is -2.06. The molecule has 0 amide bonds. The summed E-state index contributed by atoms with van der Waals surface area (Å²) >= 11 is 0. The Labute approximate surface area is 89.5 Å². The minimum atomic E-state index is -0.336. The van der Waals surface area contributed by atoms with Crippen molar-refractivity contribution < 1.29 is 9.53 Å². The highest BCUT2D eigenvalue weighted by Crippen LogP contribution is 2.17. The van der Waals surface area contributed by atoms with Gasteiger partial charge in [0.25, 0.3) is 0 Å². The first-order chi connectivity index (χ1) is 7.19. The molecule has 15 heavy (non-hydrogen) atoms. The summed E-state index contributed by atoms with van der Waals surface area (Å²) in [4.78, 5) is 11.3. The SMILES string of the molecule is C=C(CCN)c1cccc(C(=O)OC)c1. The third-order valence-corrected chi connectivity index (χ3v) is 2.14. The third kappa shape index (κ3) is 2.92. The largest absolute Gasteiger partial charge is 0.465 e. The van der Waals surface area contributed by atoms with Crippen molar-refractivity contribution in [2.75, 3.05) is 13.7 Å². The summed E-state index contributed by atoms with van der Waals surface area (Å²) in [6, 6.07) is 7.20. The summed E-state index contributed by atoms with van der Waals surface area (Å²) in [6.07, 6.45) is 0.727. The first-order valence-electron chi connectivity index (χ1n) is 4.75. The first-order valence-corrected chi connectivity index (χ1v) is 4.75. The van der Waals surface area contributed by atoms with Crippen LogP contribution in [0, 0.1) is 0 Å². The zero-order chi connectivity index (χ0) is 11.3. The number of carbonyl (C=O) groups is 1. The summed E-state index contributed by atoms with van der Waals surface area (Å²) in [6.45, 7) is 4.47. The van der Waals surface area contributed by atoms with Crippen LogP contribution in [0.4, 0.5) is 0 Å². The predicted octanol–water partition coefficient (Wildman–Crippen LogP) is 1.84. The van der Waals surface area contributed by atoms with Crippen molar-refractivity contribution in [1.29, 1.82) is 0 Å². The van der Waals surface area contributed by atoms with E-state index in [-0.39, 0.29) is 5.97 Å². The Kier molecular flexibility index (Phi) is 4.06. The molecule has 0 aliphatic rings. The van der Waals surface area contributed by atoms with Gasteiger partial charge in [-0.2, -0.15) is 0 Å². The van der Waals surface area contributed by atoms with Crippen LogP contribution < -0.4 is 5.73 Å². The second kappa shape index (κ2) is 5.32. The van der Waals surface area contributed by atoms with E-state index >= 15 is 0 Å². The molecule has 3 heteroatoms. The quantitative estimate of drug-likeness (QED) is 0.763. The van der Waals surface area contributed by atoms with Crippen LogP contribution in [-0.2, 0) is 4.74 Å². The number of nitrogens with two attached hydrogens (primary N) is 1. The summed E-state index contributed by atoms with van der Waals surface area (Å²) in [5.41, 5.74) is 7.84. The van der Waals surface area contributed by atoms with E-state index in [1.165, 1.54) is 7.11 Å². The molecular weight excluding hydrogens is 190 g/mol. The highest BCUT2D eigenvalue weighted by atomic mass is 16.5. The number of hydrogen-bond acceptors (Lipinski definition) is 3. The van der Waals surface area contributed by atoms with Crippen LogP contribution in [0.2, 0.25) is 0 Å². The molecule has 3 nitrogen and oxygen atoms in total. The van der Waals surface area contributed by atoms with E-state index in [1.807, 2.05) is 12.1 Å². The van der Waals surface area contributed by atoms with E-state index in [1.54, 1.807) is 12.1 Å². The van der Waals surface area contributed by atoms with Gasteiger partial charge in [0.05, 0.1) is 12.7 Å². The smallest absolute Gasteiger partial charge is 0.337 e. The molecule has 0 radical (unpaired) electrons. The Bertz CT molecular complexity index is 372. The van der Waals surface area contributed by atoms with Crippen LogP contribution in [0.15, 0.2) is 30.8 Å². The monoisotopic (exact) mass is 205 g/mol. The number of ether oxygens (including phenoxy) is 1. The third-order valence-electron chi connectivity index (χ3n) is 2.14. The summed E-state index contributed by atoms with van der Waals surface area (Å²) in [5.74, 6) is -0.336. The van der Waals surface area contributed by atoms with E-state index in [0.29, 0.717) is 12.1 Å². The van der Waals surface area contributed by atoms with Gasteiger partial charge in [-0.1, -0.05) is 18.7 Å². The molecule has 0 spiro atoms. The number of hydrogen-bond donors (Lipinski definition) is 1. The van der Waals surface area contributed by atoms with Crippen molar-refractivity contribution in [3.05, 3.63) is 42.0 Å². The van der Waals surface area contributed by atoms with Crippen LogP contribution in [0.5, 0.6) is 0 Å². The van der Waals surface area contributed by atoms with Crippen LogP contribution in [-0.4, -0.2) is 19.6 Å². The molecule has 0 atom stereocenters. The lowest BCUT2D eigenvalue weighted by atomic mass is 10.0. The number of esters is 1. The lowest BCUT2D eigenvalue weighted by molar-refractivity contribution is 0.0600. The van der Waals surface area contributed by atoms with Crippen LogP contribution in [0.25, 0.3) is 5.57 Å². The highest BCUT2D eigenvalue weighted by Gasteiger charge is 2.06. The molecule has 1 rings (SSSR count). The molecule has 0 unspecified atom stereocenters. The minimum Gasteiger partial charge on any atom is -0.465 e. The summed E-state index contributed by atoms with van der Waals surface area (Å²) < 4.78 is 4.64. The highest BCUT2D eigenvalue weighted by molar-refractivity contribution is 5.90. The molecule has 0 aliphatic carbocycles. The molecule has 0 aliphatic heterocycles. The first kappa shape index (κ1) is 11.5. The van der Waals surface area contributed by atoms with Gasteiger partial charge in [-0.05, 0) is 36.2 Å². The van der Waals surface area contributed by atoms with E-state index in [0.717, 1.165) is 17.6 Å². The Morgan fingerprint density at radius 2 is 2.13 bits per heavy atom. The molecule has 1 aromatic carbocycles. The molecule has 0 saturated heterocycles. The average Bonchev–Trinajstić information content (AvgIpc) is 2.28. The molecule has 0 heterocycles. The fourth-order valence-electron chi connectivity index (χ4n) is 1.30. The zero-order valence-corrected chi connectivity index (χ0v) is 8.82. The van der Waals surface area contributed by atoms with Crippen molar-refractivity contribution in [3.63, 3.8) is 0 Å². The molecular formula is C12H15NO2. The van der Waals surface area contributed by atoms with Crippen molar-refractivity contribution in [1.82, 2.24) is 0 Å². The number of methoxy groups -OCH3 is 1. The van der Waals surface area contributed by atoms with E-state index in [2.05, 4.69) is 11.3 Å². The fourth-order valence-corrected chi connectivity index (χ4v) is 1.30. The maximum absolute atomic E-state index is 11.3. The minimum absolute atomic E-state index is 0.336. The molecule has 0 bridgehead atoms. The maximum atomic E-state index is 11.3. The lowest BCUT2D eigenvalue weighted by Crippen LogP contribution is -2.03. The number of rotatable bonds is 4. The molecule has 80 valence electrons. The van der Waals surface area contributed by atoms with Gasteiger partial charge in [-0.25, -0.2) is 4.79 Å². The van der Waals surface area contributed by atoms with Crippen molar-refractivity contribution in [3.8, 4) is 0 Å². The van der Waals surface area contributed by atoms with Crippen LogP contribution >= 0.6 is 0 Å². The second-order valence-electron chi connectivity index (χ2n) is 3.21. The Morgan fingerprint density at radius 1 is 1.47 bits per heavy atom. The van der Waals surface area contributed by atoms with Crippen molar-refractivity contribution in [2.24, 2.45) is 5.73 Å². The van der Waals surface area contributed by atoms with Crippen LogP contribution in [0.1, 0.15) is 22.3 Å². The maximum Gasteiger partial charge on any atom is 0.337 e. The van der Waals surface area contributed by atoms with Gasteiger partial charge in [0.2, 0.25) is 0 Å². The van der Waals surface area contributed by atoms with Gasteiger partial charge in [0.1, 0.15) is 0 Å². The summed E-state index contributed by atoms with van der Waals surface area (Å²) in [7, 11) is 1.36. The van der Waals surface area contributed by atoms with Crippen molar-refractivity contribution >= 4 is 11.5 Å². The van der Waals surface area contributed by atoms with Gasteiger partial charge < -0.3 is 10.5 Å². The van der Waals surface area contributed by atoms with Gasteiger partial charge in [0, 0.05) is 0 Å². The van der Waals surface area contributed by atoms with E-state index in [9.17, 15) is 4.79 Å². The Morgan fingerprint density at radius 3 is 2.73 bits per heavy atom. The molecule has 2 N–H and O–H groups in total. The molecule has 0 fully saturated rings. The van der Waals surface area contributed by atoms with Gasteiger partial charge in [-0.3, -0.25) is 0 Å². The van der Waals surface area contributed by atoms with E-state index in [4.69, 9.17) is 5.73 Å². The standard InChI is InChI=1S/C12H15NO2/c1-9(6-7-13)10-4-3-5-11(8-10)12(14)15-2/h3-5,8H,1,6-7,13H2,2H3. The summed E-state index contributed by atoms with van der Waals surface area (Å²) in [5, 5.41) is 0. The number of benzene rings is 1. The average molecular weight is 205 g/mol. The van der Waals surface area contributed by atoms with Gasteiger partial charge in [-0.15, -0.1) is 0 Å². The van der Waals surface area contributed by atoms with Crippen molar-refractivity contribution in [2.45, 2.75) is 6.42 Å². The van der Waals surface area contributed by atoms with Crippen LogP contribution in [0.3, 0.4) is 0 Å². The number of carbonyl (C=O) groups excluding carboxylic acids is 1. The molecule has 0 saturated carbocycles. The molecule has 0 aromatic heterocycles. The van der Waals surface area contributed by atoms with Gasteiger partial charge in [0.15, 0.2) is 0 Å². The topological polar surface area (TPSA) is 52.3 Å².